The standard InChI is InChI=1S/C29H36N4O2S.ClH/c1-32-15-10-21(11-16-32)22-12-17-33(18-13-22)29(35)27(20-36-25-5-3-2-4-6-25)31-28(34)24-8-7-23-9-14-30-26(23)19-24;/h2-9,14,19,21-22,27,30H,10-13,15-18,20H2,1H3,(H,31,34);1H/t27-;/m1./s1. The third kappa shape index (κ3) is 6.89. The number of thioether (sulfide) groups is 1. The van der Waals surface area contributed by atoms with Crippen molar-refractivity contribution in [2.75, 3.05) is 39.0 Å². The van der Waals surface area contributed by atoms with Crippen LogP contribution in [0.5, 0.6) is 0 Å². The van der Waals surface area contributed by atoms with Gasteiger partial charge in [-0.15, -0.1) is 24.2 Å². The summed E-state index contributed by atoms with van der Waals surface area (Å²) < 4.78 is 0. The highest BCUT2D eigenvalue weighted by Gasteiger charge is 2.33. The van der Waals surface area contributed by atoms with Gasteiger partial charge in [-0.05, 0) is 93.4 Å². The van der Waals surface area contributed by atoms with Crippen molar-refractivity contribution in [2.24, 2.45) is 11.8 Å². The van der Waals surface area contributed by atoms with Crippen LogP contribution in [0.4, 0.5) is 0 Å². The minimum Gasteiger partial charge on any atom is -0.361 e. The molecule has 6 nitrogen and oxygen atoms in total. The molecule has 0 radical (unpaired) electrons. The first kappa shape index (κ1) is 27.6. The van der Waals surface area contributed by atoms with Crippen molar-refractivity contribution in [3.63, 3.8) is 0 Å². The van der Waals surface area contributed by atoms with Gasteiger partial charge in [0.1, 0.15) is 6.04 Å². The second-order valence-electron chi connectivity index (χ2n) is 10.2. The van der Waals surface area contributed by atoms with Gasteiger partial charge < -0.3 is 20.1 Å². The van der Waals surface area contributed by atoms with Gasteiger partial charge in [0.25, 0.3) is 5.91 Å². The second-order valence-corrected chi connectivity index (χ2v) is 11.3. The highest BCUT2D eigenvalue weighted by atomic mass is 35.5. The first-order chi connectivity index (χ1) is 17.6. The van der Waals surface area contributed by atoms with E-state index >= 15 is 0 Å². The number of amides is 2. The molecule has 1 atom stereocenters. The molecular weight excluding hydrogens is 504 g/mol. The first-order valence-electron chi connectivity index (χ1n) is 13.1. The van der Waals surface area contributed by atoms with Gasteiger partial charge in [-0.3, -0.25) is 9.59 Å². The quantitative estimate of drug-likeness (QED) is 0.411. The van der Waals surface area contributed by atoms with Gasteiger partial charge in [-0.25, -0.2) is 0 Å². The number of piperidine rings is 2. The smallest absolute Gasteiger partial charge is 0.252 e. The molecule has 8 heteroatoms. The summed E-state index contributed by atoms with van der Waals surface area (Å²) in [6.07, 6.45) is 6.54. The molecule has 2 aromatic carbocycles. The van der Waals surface area contributed by atoms with Gasteiger partial charge >= 0.3 is 0 Å². The van der Waals surface area contributed by atoms with Crippen molar-refractivity contribution >= 4 is 46.9 Å². The van der Waals surface area contributed by atoms with E-state index in [0.717, 1.165) is 47.6 Å². The average Bonchev–Trinajstić information content (AvgIpc) is 3.40. The third-order valence-electron chi connectivity index (χ3n) is 7.86. The maximum Gasteiger partial charge on any atom is 0.252 e. The van der Waals surface area contributed by atoms with E-state index in [-0.39, 0.29) is 24.2 Å². The molecule has 37 heavy (non-hydrogen) atoms. The highest BCUT2D eigenvalue weighted by molar-refractivity contribution is 7.99. The number of fused-ring (bicyclic) bond motifs is 1. The van der Waals surface area contributed by atoms with Gasteiger partial charge in [-0.1, -0.05) is 24.3 Å². The van der Waals surface area contributed by atoms with Gasteiger partial charge in [-0.2, -0.15) is 0 Å². The number of hydrogen-bond acceptors (Lipinski definition) is 4. The lowest BCUT2D eigenvalue weighted by Crippen LogP contribution is -2.52. The Labute approximate surface area is 230 Å². The zero-order valence-corrected chi connectivity index (χ0v) is 23.0. The minimum absolute atomic E-state index is 0. The number of hydrogen-bond donors (Lipinski definition) is 2. The molecule has 0 bridgehead atoms. The van der Waals surface area contributed by atoms with Crippen LogP contribution in [-0.2, 0) is 4.79 Å². The van der Waals surface area contributed by atoms with Crippen LogP contribution in [-0.4, -0.2) is 71.6 Å². The molecule has 2 amide bonds. The molecule has 5 rings (SSSR count). The number of H-pyrrole nitrogens is 1. The summed E-state index contributed by atoms with van der Waals surface area (Å²) in [4.78, 5) is 35.5. The number of carbonyl (C=O) groups excluding carboxylic acids is 2. The van der Waals surface area contributed by atoms with Gasteiger partial charge in [0, 0.05) is 41.0 Å². The zero-order valence-electron chi connectivity index (χ0n) is 21.4. The Morgan fingerprint density at radius 1 is 0.973 bits per heavy atom. The van der Waals surface area contributed by atoms with Crippen LogP contribution in [0.1, 0.15) is 36.0 Å². The number of likely N-dealkylation sites (tertiary alicyclic amines) is 2. The van der Waals surface area contributed by atoms with Crippen LogP contribution >= 0.6 is 24.2 Å². The number of rotatable bonds is 7. The number of carbonyl (C=O) groups is 2. The molecule has 3 aromatic rings. The summed E-state index contributed by atoms with van der Waals surface area (Å²) >= 11 is 1.61. The number of aromatic amines is 1. The molecule has 198 valence electrons. The van der Waals surface area contributed by atoms with E-state index in [9.17, 15) is 9.59 Å². The Balaban J connectivity index is 0.00000320. The van der Waals surface area contributed by atoms with Gasteiger partial charge in [0.15, 0.2) is 0 Å². The predicted molar refractivity (Wildman–Crippen MR) is 153 cm³/mol. The first-order valence-corrected chi connectivity index (χ1v) is 14.1. The molecule has 2 saturated heterocycles. The van der Waals surface area contributed by atoms with E-state index in [1.165, 1.54) is 25.9 Å². The molecule has 3 heterocycles. The summed E-state index contributed by atoms with van der Waals surface area (Å²) in [6, 6.07) is 17.1. The summed E-state index contributed by atoms with van der Waals surface area (Å²) in [5.74, 6) is 1.83. The lowest BCUT2D eigenvalue weighted by atomic mass is 9.79. The lowest BCUT2D eigenvalue weighted by molar-refractivity contribution is -0.134. The minimum atomic E-state index is -0.568. The van der Waals surface area contributed by atoms with E-state index < -0.39 is 6.04 Å². The molecule has 0 unspecified atom stereocenters. The number of aromatic nitrogens is 1. The Hall–Kier alpha value is -2.48. The maximum atomic E-state index is 13.7. The molecule has 0 aliphatic carbocycles. The number of nitrogens with one attached hydrogen (secondary N) is 2. The van der Waals surface area contributed by atoms with E-state index in [1.54, 1.807) is 11.8 Å². The van der Waals surface area contributed by atoms with Crippen LogP contribution in [0.25, 0.3) is 10.9 Å². The van der Waals surface area contributed by atoms with Crippen molar-refractivity contribution in [2.45, 2.75) is 36.6 Å². The fourth-order valence-corrected chi connectivity index (χ4v) is 6.55. The largest absolute Gasteiger partial charge is 0.361 e. The molecule has 2 N–H and O–H groups in total. The third-order valence-corrected chi connectivity index (χ3v) is 8.97. The van der Waals surface area contributed by atoms with Crippen molar-refractivity contribution in [1.29, 1.82) is 0 Å². The fourth-order valence-electron chi connectivity index (χ4n) is 5.61. The van der Waals surface area contributed by atoms with E-state index in [1.807, 2.05) is 65.7 Å². The van der Waals surface area contributed by atoms with Crippen LogP contribution in [0, 0.1) is 11.8 Å². The molecular formula is C29H37ClN4O2S. The molecule has 2 aliphatic heterocycles. The number of benzene rings is 2. The van der Waals surface area contributed by atoms with Crippen LogP contribution < -0.4 is 5.32 Å². The molecule has 2 aliphatic rings. The number of nitrogens with zero attached hydrogens (tertiary/aromatic N) is 2. The molecule has 1 aromatic heterocycles. The van der Waals surface area contributed by atoms with Crippen LogP contribution in [0.3, 0.4) is 0 Å². The second kappa shape index (κ2) is 12.9. The summed E-state index contributed by atoms with van der Waals surface area (Å²) in [5.41, 5.74) is 1.48. The van der Waals surface area contributed by atoms with Crippen molar-refractivity contribution in [3.05, 3.63) is 66.4 Å². The predicted octanol–water partition coefficient (Wildman–Crippen LogP) is 5.06. The Bertz CT molecular complexity index is 1170. The summed E-state index contributed by atoms with van der Waals surface area (Å²) in [5, 5.41) is 4.13. The zero-order chi connectivity index (χ0) is 24.9. The van der Waals surface area contributed by atoms with Gasteiger partial charge in [0.2, 0.25) is 5.91 Å². The summed E-state index contributed by atoms with van der Waals surface area (Å²) in [7, 11) is 2.20. The SMILES string of the molecule is CN1CCC(C2CCN(C(=O)[C@@H](CSc3ccccc3)NC(=O)c3ccc4cc[nH]c4c3)CC2)CC1.Cl. The highest BCUT2D eigenvalue weighted by Crippen LogP contribution is 2.32. The topological polar surface area (TPSA) is 68.4 Å². The molecule has 0 saturated carbocycles. The van der Waals surface area contributed by atoms with Crippen molar-refractivity contribution in [3.8, 4) is 0 Å². The van der Waals surface area contributed by atoms with Gasteiger partial charge in [0.05, 0.1) is 0 Å². The van der Waals surface area contributed by atoms with Crippen LogP contribution in [0.15, 0.2) is 65.7 Å². The average molecular weight is 541 g/mol. The normalized spacial score (nSPS) is 18.4. The van der Waals surface area contributed by atoms with Crippen LogP contribution in [0.2, 0.25) is 0 Å². The fraction of sp³-hybridized carbons (Fsp3) is 0.448. The number of halogens is 1. The Morgan fingerprint density at radius 3 is 2.35 bits per heavy atom. The monoisotopic (exact) mass is 540 g/mol. The van der Waals surface area contributed by atoms with Crippen molar-refractivity contribution in [1.82, 2.24) is 20.1 Å². The molecule has 0 spiro atoms. The lowest BCUT2D eigenvalue weighted by Gasteiger charge is -2.40. The Kier molecular flexibility index (Phi) is 9.57. The Morgan fingerprint density at radius 2 is 1.65 bits per heavy atom. The van der Waals surface area contributed by atoms with E-state index in [2.05, 4.69) is 22.2 Å². The maximum absolute atomic E-state index is 13.7. The molecule has 2 fully saturated rings. The van der Waals surface area contributed by atoms with E-state index in [0.29, 0.717) is 17.2 Å². The summed E-state index contributed by atoms with van der Waals surface area (Å²) in [6.45, 7) is 3.94. The van der Waals surface area contributed by atoms with Crippen molar-refractivity contribution < 1.29 is 9.59 Å². The van der Waals surface area contributed by atoms with E-state index in [4.69, 9.17) is 0 Å².